The summed E-state index contributed by atoms with van der Waals surface area (Å²) in [6.07, 6.45) is -0.293. The van der Waals surface area contributed by atoms with Gasteiger partial charge in [0.2, 0.25) is 5.91 Å². The first-order valence-corrected chi connectivity index (χ1v) is 9.05. The number of hydrogen-bond acceptors (Lipinski definition) is 4. The highest BCUT2D eigenvalue weighted by atomic mass is 16.6. The van der Waals surface area contributed by atoms with Crippen molar-refractivity contribution in [2.45, 2.75) is 64.6 Å². The largest absolute Gasteiger partial charge is 0.479 e. The third-order valence-electron chi connectivity index (χ3n) is 4.50. The zero-order valence-electron chi connectivity index (χ0n) is 16.5. The molecule has 1 aliphatic carbocycles. The van der Waals surface area contributed by atoms with Gasteiger partial charge in [-0.3, -0.25) is 4.79 Å². The highest BCUT2D eigenvalue weighted by Gasteiger charge is 2.46. The number of nitrogens with one attached hydrogen (secondary N) is 2. The van der Waals surface area contributed by atoms with Crippen LogP contribution in [0.15, 0.2) is 24.3 Å². The maximum absolute atomic E-state index is 12.9. The number of ether oxygens (including phenoxy) is 1. The molecule has 0 saturated carbocycles. The van der Waals surface area contributed by atoms with Gasteiger partial charge in [0, 0.05) is 12.8 Å². The van der Waals surface area contributed by atoms with Gasteiger partial charge in [0.05, 0.1) is 0 Å². The molecule has 1 aromatic rings. The Hall–Kier alpha value is -2.57. The first-order chi connectivity index (χ1) is 12.4. The van der Waals surface area contributed by atoms with E-state index in [0.29, 0.717) is 0 Å². The van der Waals surface area contributed by atoms with Gasteiger partial charge in [-0.2, -0.15) is 0 Å². The van der Waals surface area contributed by atoms with Crippen LogP contribution in [0, 0.1) is 5.92 Å². The number of aliphatic carboxylic acids is 1. The quantitative estimate of drug-likeness (QED) is 0.731. The molecule has 0 unspecified atom stereocenters. The molecule has 0 aliphatic heterocycles. The number of alkyl carbamates (subject to hydrolysis) is 1. The minimum Gasteiger partial charge on any atom is -0.479 e. The molecular formula is C20H28N2O5. The maximum atomic E-state index is 12.9. The summed E-state index contributed by atoms with van der Waals surface area (Å²) in [7, 11) is 0. The van der Waals surface area contributed by atoms with Gasteiger partial charge >= 0.3 is 12.1 Å². The van der Waals surface area contributed by atoms with Crippen LogP contribution < -0.4 is 10.6 Å². The van der Waals surface area contributed by atoms with E-state index in [4.69, 9.17) is 4.74 Å². The van der Waals surface area contributed by atoms with Gasteiger partial charge in [0.1, 0.15) is 17.2 Å². The lowest BCUT2D eigenvalue weighted by molar-refractivity contribution is -0.147. The molecule has 0 saturated heterocycles. The summed E-state index contributed by atoms with van der Waals surface area (Å²) in [5.41, 5.74) is -0.302. The third kappa shape index (κ3) is 4.99. The van der Waals surface area contributed by atoms with Crippen LogP contribution in [0.4, 0.5) is 4.79 Å². The standard InChI is InChI=1S/C20H28N2O5/c1-12(2)15(21-18(26)27-19(3,4)5)16(23)22-20(17(24)25)10-13-8-6-7-9-14(13)11-20/h6-9,12,15H,10-11H2,1-5H3,(H,21,26)(H,22,23)(H,24,25)/t15-/m0/s1. The molecule has 0 fully saturated rings. The smallest absolute Gasteiger partial charge is 0.408 e. The summed E-state index contributed by atoms with van der Waals surface area (Å²) in [6, 6.07) is 6.52. The molecule has 148 valence electrons. The lowest BCUT2D eigenvalue weighted by atomic mass is 9.94. The lowest BCUT2D eigenvalue weighted by Crippen LogP contribution is -2.61. The van der Waals surface area contributed by atoms with Crippen LogP contribution in [0.5, 0.6) is 0 Å². The van der Waals surface area contributed by atoms with Crippen molar-refractivity contribution >= 4 is 18.0 Å². The number of amides is 2. The average molecular weight is 376 g/mol. The predicted octanol–water partition coefficient (Wildman–Crippen LogP) is 2.27. The monoisotopic (exact) mass is 376 g/mol. The van der Waals surface area contributed by atoms with E-state index < -0.39 is 35.2 Å². The second-order valence-electron chi connectivity index (χ2n) is 8.37. The van der Waals surface area contributed by atoms with Crippen molar-refractivity contribution in [3.8, 4) is 0 Å². The summed E-state index contributed by atoms with van der Waals surface area (Å²) < 4.78 is 5.22. The Kier molecular flexibility index (Phi) is 5.82. The molecule has 3 N–H and O–H groups in total. The van der Waals surface area contributed by atoms with E-state index in [-0.39, 0.29) is 18.8 Å². The number of rotatable bonds is 5. The van der Waals surface area contributed by atoms with Gasteiger partial charge in [0.25, 0.3) is 0 Å². The second kappa shape index (κ2) is 7.58. The second-order valence-corrected chi connectivity index (χ2v) is 8.37. The zero-order chi connectivity index (χ0) is 20.4. The number of carbonyl (C=O) groups is 3. The molecule has 1 aromatic carbocycles. The molecule has 7 heteroatoms. The molecule has 7 nitrogen and oxygen atoms in total. The number of carbonyl (C=O) groups excluding carboxylic acids is 2. The molecular weight excluding hydrogens is 348 g/mol. The molecule has 2 rings (SSSR count). The van der Waals surface area contributed by atoms with E-state index in [9.17, 15) is 19.5 Å². The Bertz CT molecular complexity index is 711. The van der Waals surface area contributed by atoms with E-state index in [1.54, 1.807) is 34.6 Å². The van der Waals surface area contributed by atoms with Gasteiger partial charge in [-0.1, -0.05) is 38.1 Å². The summed E-state index contributed by atoms with van der Waals surface area (Å²) in [5, 5.41) is 15.1. The van der Waals surface area contributed by atoms with E-state index in [2.05, 4.69) is 10.6 Å². The number of fused-ring (bicyclic) bond motifs is 1. The molecule has 0 aromatic heterocycles. The molecule has 1 aliphatic rings. The number of carboxylic acid groups (broad SMARTS) is 1. The molecule has 0 bridgehead atoms. The molecule has 0 heterocycles. The fourth-order valence-corrected chi connectivity index (χ4v) is 3.19. The number of benzene rings is 1. The van der Waals surface area contributed by atoms with Crippen molar-refractivity contribution < 1.29 is 24.2 Å². The van der Waals surface area contributed by atoms with E-state index >= 15 is 0 Å². The van der Waals surface area contributed by atoms with Gasteiger partial charge in [-0.25, -0.2) is 9.59 Å². The first-order valence-electron chi connectivity index (χ1n) is 9.05. The van der Waals surface area contributed by atoms with Gasteiger partial charge in [-0.15, -0.1) is 0 Å². The Morgan fingerprint density at radius 2 is 1.63 bits per heavy atom. The first kappa shape index (κ1) is 20.7. The van der Waals surface area contributed by atoms with Gasteiger partial charge in [0.15, 0.2) is 0 Å². The van der Waals surface area contributed by atoms with E-state index in [0.717, 1.165) is 11.1 Å². The van der Waals surface area contributed by atoms with Gasteiger partial charge in [-0.05, 0) is 37.8 Å². The van der Waals surface area contributed by atoms with Crippen LogP contribution in [0.3, 0.4) is 0 Å². The van der Waals surface area contributed by atoms with Crippen molar-refractivity contribution in [1.29, 1.82) is 0 Å². The number of carboxylic acids is 1. The summed E-state index contributed by atoms with van der Waals surface area (Å²) >= 11 is 0. The van der Waals surface area contributed by atoms with Crippen molar-refractivity contribution in [3.05, 3.63) is 35.4 Å². The molecule has 2 amide bonds. The Morgan fingerprint density at radius 1 is 1.11 bits per heavy atom. The van der Waals surface area contributed by atoms with E-state index in [1.165, 1.54) is 0 Å². The van der Waals surface area contributed by atoms with Crippen molar-refractivity contribution in [2.24, 2.45) is 5.92 Å². The topological polar surface area (TPSA) is 105 Å². The summed E-state index contributed by atoms with van der Waals surface area (Å²) in [4.78, 5) is 36.9. The predicted molar refractivity (Wildman–Crippen MR) is 100 cm³/mol. The van der Waals surface area contributed by atoms with Crippen molar-refractivity contribution in [1.82, 2.24) is 10.6 Å². The normalized spacial score (nSPS) is 16.4. The average Bonchev–Trinajstić information content (AvgIpc) is 2.89. The zero-order valence-corrected chi connectivity index (χ0v) is 16.5. The van der Waals surface area contributed by atoms with Crippen LogP contribution in [0.2, 0.25) is 0 Å². The van der Waals surface area contributed by atoms with Crippen LogP contribution >= 0.6 is 0 Å². The molecule has 0 spiro atoms. The lowest BCUT2D eigenvalue weighted by Gasteiger charge is -2.30. The summed E-state index contributed by atoms with van der Waals surface area (Å²) in [6.45, 7) is 8.74. The SMILES string of the molecule is CC(C)[C@H](NC(=O)OC(C)(C)C)C(=O)NC1(C(=O)O)Cc2ccccc2C1. The van der Waals surface area contributed by atoms with Crippen molar-refractivity contribution in [3.63, 3.8) is 0 Å². The molecule has 1 atom stereocenters. The Labute approximate surface area is 159 Å². The van der Waals surface area contributed by atoms with Crippen LogP contribution in [0.25, 0.3) is 0 Å². The highest BCUT2D eigenvalue weighted by Crippen LogP contribution is 2.30. The summed E-state index contributed by atoms with van der Waals surface area (Å²) in [5.74, 6) is -1.87. The third-order valence-corrected chi connectivity index (χ3v) is 4.50. The number of hydrogen-bond donors (Lipinski definition) is 3. The Morgan fingerprint density at radius 3 is 2.04 bits per heavy atom. The molecule has 0 radical (unpaired) electrons. The van der Waals surface area contributed by atoms with E-state index in [1.807, 2.05) is 24.3 Å². The fraction of sp³-hybridized carbons (Fsp3) is 0.550. The Balaban J connectivity index is 2.16. The highest BCUT2D eigenvalue weighted by molar-refractivity contribution is 5.92. The minimum atomic E-state index is -1.41. The van der Waals surface area contributed by atoms with Crippen LogP contribution in [-0.4, -0.2) is 40.3 Å². The van der Waals surface area contributed by atoms with Crippen LogP contribution in [-0.2, 0) is 27.2 Å². The fourth-order valence-electron chi connectivity index (χ4n) is 3.19. The van der Waals surface area contributed by atoms with Crippen LogP contribution in [0.1, 0.15) is 45.7 Å². The minimum absolute atomic E-state index is 0.210. The van der Waals surface area contributed by atoms with Gasteiger partial charge < -0.3 is 20.5 Å². The molecule has 27 heavy (non-hydrogen) atoms. The van der Waals surface area contributed by atoms with Crippen molar-refractivity contribution in [2.75, 3.05) is 0 Å². The maximum Gasteiger partial charge on any atom is 0.408 e.